The second-order valence-electron chi connectivity index (χ2n) is 6.72. The fourth-order valence-corrected chi connectivity index (χ4v) is 3.54. The third-order valence-electron chi connectivity index (χ3n) is 4.99. The summed E-state index contributed by atoms with van der Waals surface area (Å²) in [5, 5.41) is 3.31. The van der Waals surface area contributed by atoms with Gasteiger partial charge in [0.25, 0.3) is 0 Å². The van der Waals surface area contributed by atoms with Crippen molar-refractivity contribution in [2.45, 2.75) is 13.0 Å². The van der Waals surface area contributed by atoms with E-state index in [-0.39, 0.29) is 0 Å². The summed E-state index contributed by atoms with van der Waals surface area (Å²) >= 11 is 0. The van der Waals surface area contributed by atoms with Crippen LogP contribution in [-0.2, 0) is 13.0 Å². The van der Waals surface area contributed by atoms with Gasteiger partial charge in [0.15, 0.2) is 11.5 Å². The third-order valence-corrected chi connectivity index (χ3v) is 4.99. The van der Waals surface area contributed by atoms with Crippen molar-refractivity contribution in [1.29, 1.82) is 0 Å². The topological polar surface area (TPSA) is 68.7 Å². The Labute approximate surface area is 170 Å². The number of nitrogens with one attached hydrogen (secondary N) is 1. The van der Waals surface area contributed by atoms with Crippen molar-refractivity contribution >= 4 is 17.5 Å². The molecule has 0 saturated heterocycles. The summed E-state index contributed by atoms with van der Waals surface area (Å²) in [6, 6.07) is 14.1. The Morgan fingerprint density at radius 1 is 0.931 bits per heavy atom. The molecule has 4 rings (SSSR count). The first kappa shape index (κ1) is 18.9. The summed E-state index contributed by atoms with van der Waals surface area (Å²) < 4.78 is 16.2. The van der Waals surface area contributed by atoms with Crippen molar-refractivity contribution < 1.29 is 14.2 Å². The van der Waals surface area contributed by atoms with Gasteiger partial charge in [0.1, 0.15) is 5.82 Å². The molecule has 2 heterocycles. The quantitative estimate of drug-likeness (QED) is 0.684. The van der Waals surface area contributed by atoms with E-state index >= 15 is 0 Å². The molecule has 7 nitrogen and oxygen atoms in total. The summed E-state index contributed by atoms with van der Waals surface area (Å²) in [4.78, 5) is 11.4. The zero-order valence-corrected chi connectivity index (χ0v) is 16.8. The number of hydrogen-bond acceptors (Lipinski definition) is 7. The minimum Gasteiger partial charge on any atom is -0.493 e. The Balaban J connectivity index is 1.57. The van der Waals surface area contributed by atoms with E-state index in [9.17, 15) is 0 Å². The van der Waals surface area contributed by atoms with E-state index in [2.05, 4.69) is 39.5 Å². The van der Waals surface area contributed by atoms with Gasteiger partial charge in [-0.1, -0.05) is 24.3 Å². The normalized spacial score (nSPS) is 12.9. The molecule has 0 amide bonds. The molecular weight excluding hydrogens is 368 g/mol. The molecule has 0 atom stereocenters. The van der Waals surface area contributed by atoms with Crippen LogP contribution in [0, 0.1) is 0 Å². The lowest BCUT2D eigenvalue weighted by molar-refractivity contribution is 0.324. The van der Waals surface area contributed by atoms with Gasteiger partial charge in [-0.25, -0.2) is 4.98 Å². The van der Waals surface area contributed by atoms with Crippen LogP contribution in [0.3, 0.4) is 0 Å². The second-order valence-corrected chi connectivity index (χ2v) is 6.72. The Kier molecular flexibility index (Phi) is 5.37. The van der Waals surface area contributed by atoms with Gasteiger partial charge in [-0.3, -0.25) is 0 Å². The first-order valence-corrected chi connectivity index (χ1v) is 9.43. The van der Waals surface area contributed by atoms with Crippen LogP contribution in [0.4, 0.5) is 17.5 Å². The van der Waals surface area contributed by atoms with E-state index < -0.39 is 0 Å². The Bertz CT molecular complexity index is 984. The Morgan fingerprint density at radius 2 is 1.66 bits per heavy atom. The number of anilines is 3. The van der Waals surface area contributed by atoms with Crippen molar-refractivity contribution in [3.8, 4) is 17.2 Å². The van der Waals surface area contributed by atoms with Crippen LogP contribution in [0.2, 0.25) is 0 Å². The van der Waals surface area contributed by atoms with Crippen LogP contribution in [0.25, 0.3) is 0 Å². The van der Waals surface area contributed by atoms with Crippen LogP contribution in [-0.4, -0.2) is 37.8 Å². The molecular formula is C22H24N4O3. The van der Waals surface area contributed by atoms with E-state index in [1.807, 2.05) is 18.2 Å². The SMILES string of the molecule is COc1cc(Nc2ccnc(N3CCc4ccccc4C3)n2)cc(OC)c1OC. The van der Waals surface area contributed by atoms with Gasteiger partial charge in [-0.2, -0.15) is 4.98 Å². The molecule has 1 aliphatic heterocycles. The summed E-state index contributed by atoms with van der Waals surface area (Å²) in [5.41, 5.74) is 3.51. The Morgan fingerprint density at radius 3 is 2.34 bits per heavy atom. The zero-order valence-electron chi connectivity index (χ0n) is 16.8. The zero-order chi connectivity index (χ0) is 20.2. The number of aromatic nitrogens is 2. The van der Waals surface area contributed by atoms with Gasteiger partial charge in [0, 0.05) is 37.1 Å². The third kappa shape index (κ3) is 3.89. The van der Waals surface area contributed by atoms with E-state index in [0.717, 1.165) is 25.2 Å². The van der Waals surface area contributed by atoms with E-state index in [1.165, 1.54) is 11.1 Å². The van der Waals surface area contributed by atoms with Crippen LogP contribution in [0.15, 0.2) is 48.7 Å². The fraction of sp³-hybridized carbons (Fsp3) is 0.273. The second kappa shape index (κ2) is 8.26. The van der Waals surface area contributed by atoms with Gasteiger partial charge < -0.3 is 24.4 Å². The summed E-state index contributed by atoms with van der Waals surface area (Å²) in [6.45, 7) is 1.70. The molecule has 3 aromatic rings. The van der Waals surface area contributed by atoms with Gasteiger partial charge in [-0.15, -0.1) is 0 Å². The van der Waals surface area contributed by atoms with Gasteiger partial charge in [-0.05, 0) is 23.6 Å². The highest BCUT2D eigenvalue weighted by Crippen LogP contribution is 2.40. The molecule has 1 aliphatic rings. The van der Waals surface area contributed by atoms with Crippen LogP contribution in [0.1, 0.15) is 11.1 Å². The molecule has 0 fully saturated rings. The van der Waals surface area contributed by atoms with Crippen LogP contribution >= 0.6 is 0 Å². The first-order valence-electron chi connectivity index (χ1n) is 9.43. The van der Waals surface area contributed by atoms with Gasteiger partial charge >= 0.3 is 0 Å². The molecule has 0 unspecified atom stereocenters. The molecule has 150 valence electrons. The number of benzene rings is 2. The van der Waals surface area contributed by atoms with Crippen molar-refractivity contribution in [2.75, 3.05) is 38.1 Å². The average Bonchev–Trinajstić information content (AvgIpc) is 2.78. The molecule has 0 radical (unpaired) electrons. The summed E-state index contributed by atoms with van der Waals surface area (Å²) in [5.74, 6) is 3.11. The maximum absolute atomic E-state index is 5.42. The molecule has 0 spiro atoms. The van der Waals surface area contributed by atoms with Gasteiger partial charge in [0.2, 0.25) is 11.7 Å². The maximum Gasteiger partial charge on any atom is 0.227 e. The lowest BCUT2D eigenvalue weighted by Crippen LogP contribution is -2.31. The molecule has 0 aliphatic carbocycles. The average molecular weight is 392 g/mol. The largest absolute Gasteiger partial charge is 0.493 e. The van der Waals surface area contributed by atoms with Gasteiger partial charge in [0.05, 0.1) is 21.3 Å². The summed E-state index contributed by atoms with van der Waals surface area (Å²) in [7, 11) is 4.77. The highest BCUT2D eigenvalue weighted by molar-refractivity contribution is 5.67. The van der Waals surface area contributed by atoms with Crippen molar-refractivity contribution in [1.82, 2.24) is 9.97 Å². The lowest BCUT2D eigenvalue weighted by atomic mass is 10.0. The van der Waals surface area contributed by atoms with Crippen LogP contribution in [0.5, 0.6) is 17.2 Å². The maximum atomic E-state index is 5.42. The highest BCUT2D eigenvalue weighted by Gasteiger charge is 2.19. The molecule has 1 aromatic heterocycles. The molecule has 0 bridgehead atoms. The smallest absolute Gasteiger partial charge is 0.227 e. The van der Waals surface area contributed by atoms with Crippen molar-refractivity contribution in [3.63, 3.8) is 0 Å². The van der Waals surface area contributed by atoms with Crippen molar-refractivity contribution in [2.24, 2.45) is 0 Å². The van der Waals surface area contributed by atoms with E-state index in [0.29, 0.717) is 29.0 Å². The molecule has 1 N–H and O–H groups in total. The number of hydrogen-bond donors (Lipinski definition) is 1. The predicted octanol–water partition coefficient (Wildman–Crippen LogP) is 3.81. The minimum atomic E-state index is 0.552. The summed E-state index contributed by atoms with van der Waals surface area (Å²) in [6.07, 6.45) is 2.76. The monoisotopic (exact) mass is 392 g/mol. The number of rotatable bonds is 6. The van der Waals surface area contributed by atoms with Crippen LogP contribution < -0.4 is 24.4 Å². The molecule has 0 saturated carbocycles. The van der Waals surface area contributed by atoms with E-state index in [1.54, 1.807) is 27.5 Å². The van der Waals surface area contributed by atoms with Crippen molar-refractivity contribution in [3.05, 3.63) is 59.8 Å². The lowest BCUT2D eigenvalue weighted by Gasteiger charge is -2.29. The number of nitrogens with zero attached hydrogens (tertiary/aromatic N) is 3. The first-order chi connectivity index (χ1) is 14.2. The highest BCUT2D eigenvalue weighted by atomic mass is 16.5. The number of fused-ring (bicyclic) bond motifs is 1. The number of methoxy groups -OCH3 is 3. The minimum absolute atomic E-state index is 0.552. The molecule has 2 aromatic carbocycles. The molecule has 7 heteroatoms. The molecule has 29 heavy (non-hydrogen) atoms. The fourth-order valence-electron chi connectivity index (χ4n) is 3.54. The predicted molar refractivity (Wildman–Crippen MR) is 113 cm³/mol. The van der Waals surface area contributed by atoms with E-state index in [4.69, 9.17) is 19.2 Å². The standard InChI is InChI=1S/C22H24N4O3/c1-27-18-12-17(13-19(28-2)21(18)29-3)24-20-8-10-23-22(25-20)26-11-9-15-6-4-5-7-16(15)14-26/h4-8,10,12-13H,9,11,14H2,1-3H3,(H,23,24,25). The Hall–Kier alpha value is -3.48. The number of ether oxygens (including phenoxy) is 3.